The van der Waals surface area contributed by atoms with Gasteiger partial charge in [0.05, 0.1) is 13.0 Å². The summed E-state index contributed by atoms with van der Waals surface area (Å²) in [5, 5.41) is 0. The Morgan fingerprint density at radius 1 is 0.848 bits per heavy atom. The first-order chi connectivity index (χ1) is 15.8. The maximum Gasteiger partial charge on any atom is 0.398 e. The van der Waals surface area contributed by atoms with Crippen LogP contribution in [0.4, 0.5) is 17.6 Å². The smallest absolute Gasteiger partial charge is 0.398 e. The molecule has 2 nitrogen and oxygen atoms in total. The Labute approximate surface area is 191 Å². The standard InChI is InChI=1S/C27H26F4O2/c1-3-5-6-19-9-13-22(14-10-19)33-27(30,31)18-17-20-7-11-21(12-8-20)23-15-16-24(32-4-2)26(29)25(23)28/h3,7-16H,1,4-6,17-18H2,2H3. The van der Waals surface area contributed by atoms with Crippen LogP contribution in [0.15, 0.2) is 73.3 Å². The summed E-state index contributed by atoms with van der Waals surface area (Å²) in [4.78, 5) is 0. The van der Waals surface area contributed by atoms with Gasteiger partial charge in [0.2, 0.25) is 5.82 Å². The quantitative estimate of drug-likeness (QED) is 0.216. The van der Waals surface area contributed by atoms with Gasteiger partial charge in [-0.2, -0.15) is 13.2 Å². The number of ether oxygens (including phenoxy) is 2. The molecule has 0 atom stereocenters. The van der Waals surface area contributed by atoms with Crippen molar-refractivity contribution in [1.82, 2.24) is 0 Å². The van der Waals surface area contributed by atoms with Gasteiger partial charge in [-0.3, -0.25) is 0 Å². The van der Waals surface area contributed by atoms with Crippen molar-refractivity contribution in [1.29, 1.82) is 0 Å². The number of benzene rings is 3. The molecule has 3 rings (SSSR count). The van der Waals surface area contributed by atoms with Crippen molar-refractivity contribution in [2.75, 3.05) is 6.61 Å². The van der Waals surface area contributed by atoms with Crippen molar-refractivity contribution < 1.29 is 27.0 Å². The zero-order chi connectivity index (χ0) is 23.8. The van der Waals surface area contributed by atoms with Gasteiger partial charge >= 0.3 is 6.11 Å². The van der Waals surface area contributed by atoms with Gasteiger partial charge in [0, 0.05) is 5.56 Å². The van der Waals surface area contributed by atoms with E-state index in [0.29, 0.717) is 11.1 Å². The van der Waals surface area contributed by atoms with Crippen LogP contribution >= 0.6 is 0 Å². The molecule has 0 aliphatic rings. The maximum atomic E-state index is 14.4. The van der Waals surface area contributed by atoms with E-state index in [4.69, 9.17) is 9.47 Å². The molecule has 174 valence electrons. The zero-order valence-electron chi connectivity index (χ0n) is 18.4. The second-order valence-electron chi connectivity index (χ2n) is 7.58. The van der Waals surface area contributed by atoms with Crippen LogP contribution in [-0.2, 0) is 12.8 Å². The van der Waals surface area contributed by atoms with E-state index in [-0.39, 0.29) is 30.1 Å². The van der Waals surface area contributed by atoms with Crippen LogP contribution in [0.5, 0.6) is 11.5 Å². The molecule has 0 heterocycles. The van der Waals surface area contributed by atoms with Crippen LogP contribution in [0.3, 0.4) is 0 Å². The maximum absolute atomic E-state index is 14.4. The fraction of sp³-hybridized carbons (Fsp3) is 0.259. The summed E-state index contributed by atoms with van der Waals surface area (Å²) >= 11 is 0. The molecule has 0 fully saturated rings. The summed E-state index contributed by atoms with van der Waals surface area (Å²) in [5.74, 6) is -2.11. The van der Waals surface area contributed by atoms with Crippen LogP contribution in [-0.4, -0.2) is 12.7 Å². The molecular formula is C27H26F4O2. The lowest BCUT2D eigenvalue weighted by Gasteiger charge is -2.18. The minimum Gasteiger partial charge on any atom is -0.491 e. The molecule has 0 saturated carbocycles. The Morgan fingerprint density at radius 3 is 2.12 bits per heavy atom. The summed E-state index contributed by atoms with van der Waals surface area (Å²) in [6.45, 7) is 5.57. The van der Waals surface area contributed by atoms with Crippen molar-refractivity contribution in [3.63, 3.8) is 0 Å². The molecule has 0 aromatic heterocycles. The van der Waals surface area contributed by atoms with E-state index in [0.717, 1.165) is 18.4 Å². The summed E-state index contributed by atoms with van der Waals surface area (Å²) in [6, 6.07) is 15.8. The van der Waals surface area contributed by atoms with E-state index in [1.807, 2.05) is 0 Å². The number of hydrogen-bond donors (Lipinski definition) is 0. The van der Waals surface area contributed by atoms with E-state index in [1.54, 1.807) is 49.4 Å². The van der Waals surface area contributed by atoms with Crippen molar-refractivity contribution in [2.45, 2.75) is 38.7 Å². The van der Waals surface area contributed by atoms with Gasteiger partial charge in [0.1, 0.15) is 5.75 Å². The van der Waals surface area contributed by atoms with Crippen LogP contribution in [0.1, 0.15) is 30.9 Å². The van der Waals surface area contributed by atoms with Crippen molar-refractivity contribution in [2.24, 2.45) is 0 Å². The molecule has 33 heavy (non-hydrogen) atoms. The highest BCUT2D eigenvalue weighted by molar-refractivity contribution is 5.65. The molecule has 0 aliphatic carbocycles. The van der Waals surface area contributed by atoms with E-state index in [2.05, 4.69) is 6.58 Å². The Kier molecular flexibility index (Phi) is 8.15. The molecule has 0 unspecified atom stereocenters. The SMILES string of the molecule is C=CCCc1ccc(OC(F)(F)CCc2ccc(-c3ccc(OCC)c(F)c3F)cc2)cc1. The highest BCUT2D eigenvalue weighted by Crippen LogP contribution is 2.31. The first-order valence-corrected chi connectivity index (χ1v) is 10.8. The van der Waals surface area contributed by atoms with Gasteiger partial charge in [-0.1, -0.05) is 42.5 Å². The third kappa shape index (κ3) is 6.60. The molecule has 0 spiro atoms. The summed E-state index contributed by atoms with van der Waals surface area (Å²) in [6.07, 6.45) is -0.385. The lowest BCUT2D eigenvalue weighted by atomic mass is 10.0. The summed E-state index contributed by atoms with van der Waals surface area (Å²) in [5.41, 5.74) is 2.17. The van der Waals surface area contributed by atoms with Crippen LogP contribution in [0.25, 0.3) is 11.1 Å². The third-order valence-electron chi connectivity index (χ3n) is 5.14. The predicted octanol–water partition coefficient (Wildman–Crippen LogP) is 7.75. The van der Waals surface area contributed by atoms with Gasteiger partial charge in [0.15, 0.2) is 11.6 Å². The molecule has 0 radical (unpaired) electrons. The van der Waals surface area contributed by atoms with Gasteiger partial charge in [-0.15, -0.1) is 6.58 Å². The number of hydrogen-bond acceptors (Lipinski definition) is 2. The molecule has 6 heteroatoms. The Balaban J connectivity index is 1.60. The molecule has 3 aromatic carbocycles. The minimum absolute atomic E-state index is 0.0603. The second kappa shape index (κ2) is 11.0. The second-order valence-corrected chi connectivity index (χ2v) is 7.58. The zero-order valence-corrected chi connectivity index (χ0v) is 18.4. The Bertz CT molecular complexity index is 1060. The van der Waals surface area contributed by atoms with Crippen LogP contribution < -0.4 is 9.47 Å². The number of rotatable bonds is 11. The number of halogens is 4. The monoisotopic (exact) mass is 458 g/mol. The highest BCUT2D eigenvalue weighted by atomic mass is 19.3. The molecule has 0 amide bonds. The van der Waals surface area contributed by atoms with Crippen LogP contribution in [0, 0.1) is 11.6 Å². The lowest BCUT2D eigenvalue weighted by Crippen LogP contribution is -2.25. The summed E-state index contributed by atoms with van der Waals surface area (Å²) < 4.78 is 67.1. The van der Waals surface area contributed by atoms with Gasteiger partial charge < -0.3 is 9.47 Å². The topological polar surface area (TPSA) is 18.5 Å². The average molecular weight is 458 g/mol. The Hall–Kier alpha value is -3.28. The van der Waals surface area contributed by atoms with Gasteiger partial charge in [-0.25, -0.2) is 4.39 Å². The fourth-order valence-corrected chi connectivity index (χ4v) is 3.38. The van der Waals surface area contributed by atoms with E-state index < -0.39 is 24.2 Å². The fourth-order valence-electron chi connectivity index (χ4n) is 3.38. The number of aryl methyl sites for hydroxylation is 2. The molecular weight excluding hydrogens is 432 g/mol. The predicted molar refractivity (Wildman–Crippen MR) is 122 cm³/mol. The third-order valence-corrected chi connectivity index (χ3v) is 5.14. The lowest BCUT2D eigenvalue weighted by molar-refractivity contribution is -0.180. The van der Waals surface area contributed by atoms with E-state index >= 15 is 0 Å². The first-order valence-electron chi connectivity index (χ1n) is 10.8. The molecule has 0 N–H and O–H groups in total. The molecule has 3 aromatic rings. The van der Waals surface area contributed by atoms with E-state index in [1.165, 1.54) is 24.3 Å². The number of alkyl halides is 2. The van der Waals surface area contributed by atoms with Crippen molar-refractivity contribution in [3.8, 4) is 22.6 Å². The minimum atomic E-state index is -3.34. The first kappa shape index (κ1) is 24.4. The van der Waals surface area contributed by atoms with Crippen LogP contribution in [0.2, 0.25) is 0 Å². The van der Waals surface area contributed by atoms with Gasteiger partial charge in [-0.05, 0) is 67.1 Å². The molecule has 0 bridgehead atoms. The van der Waals surface area contributed by atoms with E-state index in [9.17, 15) is 17.6 Å². The summed E-state index contributed by atoms with van der Waals surface area (Å²) in [7, 11) is 0. The molecule has 0 aliphatic heterocycles. The van der Waals surface area contributed by atoms with Crippen molar-refractivity contribution >= 4 is 0 Å². The van der Waals surface area contributed by atoms with Crippen molar-refractivity contribution in [3.05, 3.63) is 96.1 Å². The Morgan fingerprint density at radius 2 is 1.48 bits per heavy atom. The number of allylic oxidation sites excluding steroid dienone is 1. The average Bonchev–Trinajstić information content (AvgIpc) is 2.81. The largest absolute Gasteiger partial charge is 0.491 e. The normalized spacial score (nSPS) is 11.3. The molecule has 0 saturated heterocycles. The van der Waals surface area contributed by atoms with Gasteiger partial charge in [0.25, 0.3) is 0 Å². The highest BCUT2D eigenvalue weighted by Gasteiger charge is 2.31.